The van der Waals surface area contributed by atoms with Crippen molar-refractivity contribution < 1.29 is 5.11 Å². The molecule has 0 aliphatic rings. The molecule has 1 aromatic rings. The minimum atomic E-state index is -0.437. The summed E-state index contributed by atoms with van der Waals surface area (Å²) < 4.78 is 0. The standard InChI is InChI=1S/C10H10N2O.ClH/c1-2-9(12)8-5-7(6-11)3-4-10(8)13;/h2-5,9,13H,1,12H2;1H/t9-;/m1./s1. The predicted molar refractivity (Wildman–Crippen MR) is 57.2 cm³/mol. The molecule has 0 aromatic heterocycles. The summed E-state index contributed by atoms with van der Waals surface area (Å²) in [4.78, 5) is 0. The molecular formula is C10H11ClN2O. The molecule has 3 N–H and O–H groups in total. The van der Waals surface area contributed by atoms with E-state index in [2.05, 4.69) is 6.58 Å². The van der Waals surface area contributed by atoms with Crippen LogP contribution in [-0.2, 0) is 0 Å². The van der Waals surface area contributed by atoms with Crippen molar-refractivity contribution >= 4 is 12.4 Å². The van der Waals surface area contributed by atoms with Gasteiger partial charge >= 0.3 is 0 Å². The topological polar surface area (TPSA) is 70.0 Å². The summed E-state index contributed by atoms with van der Waals surface area (Å²) in [7, 11) is 0. The van der Waals surface area contributed by atoms with Gasteiger partial charge in [0.05, 0.1) is 17.7 Å². The second kappa shape index (κ2) is 5.28. The van der Waals surface area contributed by atoms with Crippen molar-refractivity contribution in [2.75, 3.05) is 0 Å². The first-order valence-corrected chi connectivity index (χ1v) is 3.80. The largest absolute Gasteiger partial charge is 0.508 e. The Bertz CT molecular complexity index is 371. The molecule has 0 heterocycles. The molecule has 0 saturated carbocycles. The smallest absolute Gasteiger partial charge is 0.120 e. The van der Waals surface area contributed by atoms with E-state index in [-0.39, 0.29) is 18.2 Å². The molecule has 0 amide bonds. The number of phenolic OH excluding ortho intramolecular Hbond substituents is 1. The molecule has 0 unspecified atom stereocenters. The van der Waals surface area contributed by atoms with Gasteiger partial charge in [0.1, 0.15) is 5.75 Å². The number of phenols is 1. The third-order valence-electron chi connectivity index (χ3n) is 1.77. The number of benzene rings is 1. The lowest BCUT2D eigenvalue weighted by molar-refractivity contribution is 0.466. The van der Waals surface area contributed by atoms with Crippen molar-refractivity contribution in [2.24, 2.45) is 5.73 Å². The number of nitriles is 1. The summed E-state index contributed by atoms with van der Waals surface area (Å²) >= 11 is 0. The SMILES string of the molecule is C=C[C@@H](N)c1cc(C#N)ccc1O.Cl. The van der Waals surface area contributed by atoms with Gasteiger partial charge in [-0.1, -0.05) is 6.08 Å². The van der Waals surface area contributed by atoms with E-state index in [1.54, 1.807) is 6.07 Å². The predicted octanol–water partition coefficient (Wildman–Crippen LogP) is 1.87. The second-order valence-corrected chi connectivity index (χ2v) is 2.65. The lowest BCUT2D eigenvalue weighted by Crippen LogP contribution is -2.06. The number of halogens is 1. The lowest BCUT2D eigenvalue weighted by atomic mass is 10.0. The van der Waals surface area contributed by atoms with E-state index in [1.165, 1.54) is 18.2 Å². The molecule has 3 nitrogen and oxygen atoms in total. The monoisotopic (exact) mass is 210 g/mol. The first-order valence-electron chi connectivity index (χ1n) is 3.80. The molecule has 1 atom stereocenters. The molecule has 1 rings (SSSR count). The van der Waals surface area contributed by atoms with Gasteiger partial charge in [0.2, 0.25) is 0 Å². The van der Waals surface area contributed by atoms with Crippen LogP contribution in [0, 0.1) is 11.3 Å². The molecule has 0 bridgehead atoms. The van der Waals surface area contributed by atoms with Gasteiger partial charge in [0, 0.05) is 5.56 Å². The molecule has 0 aliphatic carbocycles. The zero-order valence-electron chi connectivity index (χ0n) is 7.47. The fraction of sp³-hybridized carbons (Fsp3) is 0.100. The van der Waals surface area contributed by atoms with Crippen LogP contribution >= 0.6 is 12.4 Å². The maximum absolute atomic E-state index is 9.39. The summed E-state index contributed by atoms with van der Waals surface area (Å²) in [6, 6.07) is 6.08. The van der Waals surface area contributed by atoms with Crippen LogP contribution in [0.2, 0.25) is 0 Å². The Balaban J connectivity index is 0.00000169. The van der Waals surface area contributed by atoms with Crippen molar-refractivity contribution in [1.29, 1.82) is 5.26 Å². The summed E-state index contributed by atoms with van der Waals surface area (Å²) in [6.07, 6.45) is 1.51. The Kier molecular flexibility index (Phi) is 4.71. The molecule has 14 heavy (non-hydrogen) atoms. The van der Waals surface area contributed by atoms with Gasteiger partial charge in [0.25, 0.3) is 0 Å². The highest BCUT2D eigenvalue weighted by Gasteiger charge is 2.07. The van der Waals surface area contributed by atoms with Gasteiger partial charge < -0.3 is 10.8 Å². The van der Waals surface area contributed by atoms with Gasteiger partial charge in [-0.3, -0.25) is 0 Å². The number of hydrogen-bond donors (Lipinski definition) is 2. The van der Waals surface area contributed by atoms with Gasteiger partial charge in [0.15, 0.2) is 0 Å². The average Bonchev–Trinajstić information content (AvgIpc) is 2.17. The van der Waals surface area contributed by atoms with Crippen LogP contribution in [0.3, 0.4) is 0 Å². The fourth-order valence-electron chi connectivity index (χ4n) is 1.02. The van der Waals surface area contributed by atoms with Crippen molar-refractivity contribution in [2.45, 2.75) is 6.04 Å². The first-order chi connectivity index (χ1) is 6.19. The Hall–Kier alpha value is -1.50. The summed E-state index contributed by atoms with van der Waals surface area (Å²) in [6.45, 7) is 3.51. The van der Waals surface area contributed by atoms with E-state index in [4.69, 9.17) is 11.0 Å². The number of aromatic hydroxyl groups is 1. The summed E-state index contributed by atoms with van der Waals surface area (Å²) in [5.74, 6) is 0.0893. The van der Waals surface area contributed by atoms with Crippen molar-refractivity contribution in [3.8, 4) is 11.8 Å². The van der Waals surface area contributed by atoms with E-state index in [9.17, 15) is 5.11 Å². The average molecular weight is 211 g/mol. The second-order valence-electron chi connectivity index (χ2n) is 2.65. The zero-order valence-corrected chi connectivity index (χ0v) is 8.29. The van der Waals surface area contributed by atoms with Gasteiger partial charge in [-0.05, 0) is 18.2 Å². The molecule has 0 aliphatic heterocycles. The third kappa shape index (κ3) is 2.49. The Labute approximate surface area is 88.9 Å². The van der Waals surface area contributed by atoms with Gasteiger partial charge in [-0.25, -0.2) is 0 Å². The third-order valence-corrected chi connectivity index (χ3v) is 1.77. The lowest BCUT2D eigenvalue weighted by Gasteiger charge is -2.08. The Morgan fingerprint density at radius 3 is 2.71 bits per heavy atom. The quantitative estimate of drug-likeness (QED) is 0.733. The van der Waals surface area contributed by atoms with Crippen molar-refractivity contribution in [3.63, 3.8) is 0 Å². The fourth-order valence-corrected chi connectivity index (χ4v) is 1.02. The van der Waals surface area contributed by atoms with E-state index < -0.39 is 6.04 Å². The Morgan fingerprint density at radius 1 is 1.57 bits per heavy atom. The molecule has 0 radical (unpaired) electrons. The highest BCUT2D eigenvalue weighted by atomic mass is 35.5. The zero-order chi connectivity index (χ0) is 9.84. The van der Waals surface area contributed by atoms with Crippen LogP contribution in [-0.4, -0.2) is 5.11 Å². The number of rotatable bonds is 2. The van der Waals surface area contributed by atoms with E-state index >= 15 is 0 Å². The molecule has 0 spiro atoms. The number of nitrogens with zero attached hydrogens (tertiary/aromatic N) is 1. The maximum atomic E-state index is 9.39. The molecule has 4 heteroatoms. The Morgan fingerprint density at radius 2 is 2.21 bits per heavy atom. The van der Waals surface area contributed by atoms with Crippen LogP contribution in [0.5, 0.6) is 5.75 Å². The van der Waals surface area contributed by atoms with Crippen LogP contribution in [0.15, 0.2) is 30.9 Å². The van der Waals surface area contributed by atoms with Gasteiger partial charge in [-0.15, -0.1) is 19.0 Å². The number of nitrogens with two attached hydrogens (primary N) is 1. The highest BCUT2D eigenvalue weighted by Crippen LogP contribution is 2.23. The molecule has 0 fully saturated rings. The summed E-state index contributed by atoms with van der Waals surface area (Å²) in [5.41, 5.74) is 6.63. The van der Waals surface area contributed by atoms with Crippen molar-refractivity contribution in [1.82, 2.24) is 0 Å². The van der Waals surface area contributed by atoms with E-state index in [0.29, 0.717) is 11.1 Å². The number of hydrogen-bond acceptors (Lipinski definition) is 3. The van der Waals surface area contributed by atoms with Crippen molar-refractivity contribution in [3.05, 3.63) is 42.0 Å². The minimum absolute atomic E-state index is 0. The first kappa shape index (κ1) is 12.5. The van der Waals surface area contributed by atoms with Crippen LogP contribution in [0.4, 0.5) is 0 Å². The molecular weight excluding hydrogens is 200 g/mol. The van der Waals surface area contributed by atoms with Gasteiger partial charge in [-0.2, -0.15) is 5.26 Å². The maximum Gasteiger partial charge on any atom is 0.120 e. The highest BCUT2D eigenvalue weighted by molar-refractivity contribution is 5.85. The summed E-state index contributed by atoms with van der Waals surface area (Å²) in [5, 5.41) is 18.0. The van der Waals surface area contributed by atoms with Crippen LogP contribution in [0.1, 0.15) is 17.2 Å². The molecule has 1 aromatic carbocycles. The van der Waals surface area contributed by atoms with Crippen LogP contribution in [0.25, 0.3) is 0 Å². The normalized spacial score (nSPS) is 10.9. The molecule has 74 valence electrons. The van der Waals surface area contributed by atoms with E-state index in [0.717, 1.165) is 0 Å². The van der Waals surface area contributed by atoms with E-state index in [1.807, 2.05) is 6.07 Å². The minimum Gasteiger partial charge on any atom is -0.508 e. The van der Waals surface area contributed by atoms with Crippen LogP contribution < -0.4 is 5.73 Å². The molecule has 0 saturated heterocycles.